The van der Waals surface area contributed by atoms with Crippen LogP contribution in [0.25, 0.3) is 11.0 Å². The predicted octanol–water partition coefficient (Wildman–Crippen LogP) is 3.38. The molecule has 1 saturated carbocycles. The van der Waals surface area contributed by atoms with Crippen LogP contribution in [0, 0.1) is 11.8 Å². The van der Waals surface area contributed by atoms with Gasteiger partial charge in [0.25, 0.3) is 0 Å². The van der Waals surface area contributed by atoms with E-state index in [1.165, 1.54) is 5.56 Å². The van der Waals surface area contributed by atoms with Crippen LogP contribution in [0.4, 0.5) is 0 Å². The molecule has 2 fully saturated rings. The van der Waals surface area contributed by atoms with Crippen LogP contribution >= 0.6 is 11.8 Å². The Morgan fingerprint density at radius 3 is 2.62 bits per heavy atom. The zero-order valence-electron chi connectivity index (χ0n) is 16.7. The van der Waals surface area contributed by atoms with Crippen molar-refractivity contribution in [2.24, 2.45) is 11.8 Å². The minimum absolute atomic E-state index is 0.109. The number of thioether (sulfide) groups is 1. The molecule has 1 saturated heterocycles. The van der Waals surface area contributed by atoms with E-state index in [1.54, 1.807) is 11.8 Å². The number of rotatable bonds is 5. The molecule has 0 amide bonds. The van der Waals surface area contributed by atoms with Gasteiger partial charge in [0.15, 0.2) is 5.16 Å². The minimum Gasteiger partial charge on any atom is -0.391 e. The van der Waals surface area contributed by atoms with Gasteiger partial charge in [-0.25, -0.2) is 15.0 Å². The summed E-state index contributed by atoms with van der Waals surface area (Å²) in [5, 5.41) is 11.8. The number of benzene rings is 1. The third-order valence-corrected chi connectivity index (χ3v) is 7.14. The second-order valence-corrected chi connectivity index (χ2v) is 9.50. The lowest BCUT2D eigenvalue weighted by Gasteiger charge is -2.36. The SMILES string of the molecule is CCSc1ncc(CN2C[C@H]3C[C@@H](n4cnc5ccccc54)[C@H](O)C[C@H]3C2)cn1. The van der Waals surface area contributed by atoms with E-state index in [1.807, 2.05) is 36.9 Å². The molecule has 0 bridgehead atoms. The molecule has 1 aliphatic carbocycles. The molecule has 29 heavy (non-hydrogen) atoms. The van der Waals surface area contributed by atoms with Gasteiger partial charge in [0, 0.05) is 37.6 Å². The zero-order chi connectivity index (χ0) is 19.8. The van der Waals surface area contributed by atoms with E-state index < -0.39 is 0 Å². The summed E-state index contributed by atoms with van der Waals surface area (Å²) in [7, 11) is 0. The third-order valence-electron chi connectivity index (χ3n) is 6.38. The number of aliphatic hydroxyl groups excluding tert-OH is 1. The van der Waals surface area contributed by atoms with Gasteiger partial charge in [-0.1, -0.05) is 30.8 Å². The maximum absolute atomic E-state index is 10.9. The van der Waals surface area contributed by atoms with E-state index >= 15 is 0 Å². The normalized spacial score (nSPS) is 27.4. The summed E-state index contributed by atoms with van der Waals surface area (Å²) < 4.78 is 2.19. The van der Waals surface area contributed by atoms with Gasteiger partial charge >= 0.3 is 0 Å². The number of likely N-dealkylation sites (tertiary alicyclic amines) is 1. The molecule has 1 aromatic carbocycles. The molecule has 2 aromatic heterocycles. The summed E-state index contributed by atoms with van der Waals surface area (Å²) in [5.74, 6) is 2.16. The maximum atomic E-state index is 10.9. The summed E-state index contributed by atoms with van der Waals surface area (Å²) in [6.45, 7) is 5.12. The van der Waals surface area contributed by atoms with Crippen molar-refractivity contribution in [3.63, 3.8) is 0 Å². The molecule has 1 N–H and O–H groups in total. The molecule has 6 nitrogen and oxygen atoms in total. The van der Waals surface area contributed by atoms with Crippen molar-refractivity contribution in [3.8, 4) is 0 Å². The van der Waals surface area contributed by atoms with E-state index in [-0.39, 0.29) is 12.1 Å². The second-order valence-electron chi connectivity index (χ2n) is 8.27. The Labute approximate surface area is 175 Å². The lowest BCUT2D eigenvalue weighted by atomic mass is 9.77. The van der Waals surface area contributed by atoms with Crippen molar-refractivity contribution in [2.45, 2.75) is 43.6 Å². The van der Waals surface area contributed by atoms with Crippen molar-refractivity contribution in [1.29, 1.82) is 0 Å². The second kappa shape index (κ2) is 8.05. The number of aromatic nitrogens is 4. The van der Waals surface area contributed by atoms with Crippen LogP contribution in [0.1, 0.15) is 31.4 Å². The van der Waals surface area contributed by atoms with Gasteiger partial charge in [-0.05, 0) is 42.6 Å². The average Bonchev–Trinajstić information content (AvgIpc) is 3.32. The highest BCUT2D eigenvalue weighted by Gasteiger charge is 2.42. The van der Waals surface area contributed by atoms with Crippen molar-refractivity contribution in [1.82, 2.24) is 24.4 Å². The van der Waals surface area contributed by atoms with E-state index in [4.69, 9.17) is 0 Å². The molecule has 3 aromatic rings. The Kier molecular flexibility index (Phi) is 5.28. The smallest absolute Gasteiger partial charge is 0.187 e. The van der Waals surface area contributed by atoms with Crippen LogP contribution in [0.5, 0.6) is 0 Å². The van der Waals surface area contributed by atoms with Crippen LogP contribution in [0.15, 0.2) is 48.1 Å². The van der Waals surface area contributed by atoms with E-state index in [2.05, 4.69) is 37.4 Å². The molecular formula is C22H27N5OS. The van der Waals surface area contributed by atoms with Gasteiger partial charge in [-0.2, -0.15) is 0 Å². The lowest BCUT2D eigenvalue weighted by Crippen LogP contribution is -2.36. The van der Waals surface area contributed by atoms with Crippen molar-refractivity contribution >= 4 is 22.8 Å². The highest BCUT2D eigenvalue weighted by molar-refractivity contribution is 7.99. The maximum Gasteiger partial charge on any atom is 0.187 e. The quantitative estimate of drug-likeness (QED) is 0.515. The number of para-hydroxylation sites is 2. The number of hydrogen-bond donors (Lipinski definition) is 1. The average molecular weight is 410 g/mol. The van der Waals surface area contributed by atoms with Crippen molar-refractivity contribution in [3.05, 3.63) is 48.5 Å². The molecule has 1 aliphatic heterocycles. The van der Waals surface area contributed by atoms with Crippen molar-refractivity contribution in [2.75, 3.05) is 18.8 Å². The first-order valence-electron chi connectivity index (χ1n) is 10.5. The molecule has 152 valence electrons. The standard InChI is InChI=1S/C22H27N5OS/c1-2-29-22-23-9-15(10-24-22)11-26-12-16-7-20(21(28)8-17(16)13-26)27-14-25-18-5-3-4-6-19(18)27/h3-6,9-10,14,16-17,20-21,28H,2,7-8,11-13H2,1H3/t16-,17+,20-,21-/m1/s1. The Morgan fingerprint density at radius 2 is 1.83 bits per heavy atom. The molecule has 0 unspecified atom stereocenters. The largest absolute Gasteiger partial charge is 0.391 e. The summed E-state index contributed by atoms with van der Waals surface area (Å²) in [6.07, 6.45) is 7.37. The van der Waals surface area contributed by atoms with Crippen LogP contribution < -0.4 is 0 Å². The molecular weight excluding hydrogens is 382 g/mol. The van der Waals surface area contributed by atoms with E-state index in [9.17, 15) is 5.11 Å². The highest BCUT2D eigenvalue weighted by atomic mass is 32.2. The number of nitrogens with zero attached hydrogens (tertiary/aromatic N) is 5. The minimum atomic E-state index is -0.317. The van der Waals surface area contributed by atoms with Crippen LogP contribution in [0.3, 0.4) is 0 Å². The number of hydrogen-bond acceptors (Lipinski definition) is 6. The first-order valence-corrected chi connectivity index (χ1v) is 11.5. The van der Waals surface area contributed by atoms with Crippen LogP contribution in [-0.4, -0.2) is 54.5 Å². The van der Waals surface area contributed by atoms with Crippen molar-refractivity contribution < 1.29 is 5.11 Å². The Morgan fingerprint density at radius 1 is 1.07 bits per heavy atom. The monoisotopic (exact) mass is 409 g/mol. The summed E-state index contributed by atoms with van der Waals surface area (Å²) in [4.78, 5) is 16.0. The fourth-order valence-corrected chi connectivity index (χ4v) is 5.57. The Bertz CT molecular complexity index is 975. The molecule has 4 atom stereocenters. The van der Waals surface area contributed by atoms with Gasteiger partial charge in [0.1, 0.15) is 0 Å². The first kappa shape index (κ1) is 19.0. The summed E-state index contributed by atoms with van der Waals surface area (Å²) in [5.41, 5.74) is 3.29. The lowest BCUT2D eigenvalue weighted by molar-refractivity contribution is 0.0374. The van der Waals surface area contributed by atoms with Crippen LogP contribution in [0.2, 0.25) is 0 Å². The van der Waals surface area contributed by atoms with Gasteiger partial charge in [-0.3, -0.25) is 4.90 Å². The van der Waals surface area contributed by atoms with E-state index in [0.717, 1.165) is 54.4 Å². The van der Waals surface area contributed by atoms with Gasteiger partial charge in [-0.15, -0.1) is 0 Å². The fraction of sp³-hybridized carbons (Fsp3) is 0.500. The molecule has 3 heterocycles. The molecule has 2 aliphatic rings. The summed E-state index contributed by atoms with van der Waals surface area (Å²) in [6, 6.07) is 8.30. The Balaban J connectivity index is 1.27. The van der Waals surface area contributed by atoms with Gasteiger partial charge < -0.3 is 9.67 Å². The summed E-state index contributed by atoms with van der Waals surface area (Å²) >= 11 is 1.67. The van der Waals surface area contributed by atoms with Gasteiger partial charge in [0.05, 0.1) is 29.5 Å². The third kappa shape index (κ3) is 3.79. The predicted molar refractivity (Wildman–Crippen MR) is 115 cm³/mol. The fourth-order valence-electron chi connectivity index (χ4n) is 5.06. The number of fused-ring (bicyclic) bond motifs is 2. The first-order chi connectivity index (χ1) is 14.2. The zero-order valence-corrected chi connectivity index (χ0v) is 17.5. The molecule has 0 radical (unpaired) electrons. The highest BCUT2D eigenvalue weighted by Crippen LogP contribution is 2.42. The van der Waals surface area contributed by atoms with Gasteiger partial charge in [0.2, 0.25) is 0 Å². The van der Waals surface area contributed by atoms with E-state index in [0.29, 0.717) is 11.8 Å². The molecule has 7 heteroatoms. The number of aliphatic hydroxyl groups is 1. The van der Waals surface area contributed by atoms with Crippen LogP contribution in [-0.2, 0) is 6.54 Å². The number of imidazole rings is 1. The Hall–Kier alpha value is -1.96. The molecule has 5 rings (SSSR count). The molecule has 0 spiro atoms. The topological polar surface area (TPSA) is 67.1 Å².